The number of hydrogen-bond donors (Lipinski definition) is 1. The molecule has 1 heterocycles. The Morgan fingerprint density at radius 2 is 1.82 bits per heavy atom. The lowest BCUT2D eigenvalue weighted by Crippen LogP contribution is -2.35. The van der Waals surface area contributed by atoms with Crippen molar-refractivity contribution in [1.29, 1.82) is 0 Å². The van der Waals surface area contributed by atoms with Crippen LogP contribution in [0, 0.1) is 22.7 Å². The van der Waals surface area contributed by atoms with Crippen LogP contribution in [0.4, 0.5) is 0 Å². The molecule has 2 fully saturated rings. The highest BCUT2D eigenvalue weighted by Gasteiger charge is 2.65. The third-order valence-electron chi connectivity index (χ3n) is 5.47. The molecule has 3 heteroatoms. The van der Waals surface area contributed by atoms with E-state index in [1.165, 1.54) is 0 Å². The van der Waals surface area contributed by atoms with Crippen LogP contribution in [0.2, 0.25) is 0 Å². The molecule has 1 unspecified atom stereocenters. The van der Waals surface area contributed by atoms with E-state index in [2.05, 4.69) is 46.9 Å². The normalized spacial score (nSPS) is 31.4. The van der Waals surface area contributed by atoms with E-state index in [0.29, 0.717) is 28.6 Å². The van der Waals surface area contributed by atoms with Crippen LogP contribution >= 0.6 is 0 Å². The van der Waals surface area contributed by atoms with Gasteiger partial charge >= 0.3 is 0 Å². The Bertz CT molecular complexity index is 319. The first-order valence-corrected chi connectivity index (χ1v) is 6.71. The monoisotopic (exact) mass is 238 g/mol. The Morgan fingerprint density at radius 3 is 2.18 bits per heavy atom. The molecule has 1 saturated carbocycles. The average Bonchev–Trinajstić information content (AvgIpc) is 2.51. The van der Waals surface area contributed by atoms with E-state index in [-0.39, 0.29) is 6.04 Å². The molecule has 1 aliphatic carbocycles. The summed E-state index contributed by atoms with van der Waals surface area (Å²) in [6.45, 7) is 15.1. The van der Waals surface area contributed by atoms with Gasteiger partial charge in [-0.1, -0.05) is 41.5 Å². The standard InChI is InChI=1S/C14H26N2O/c1-9(2)11-12(17)16(8-15-11)7-10-13(3,4)14(10,5)6/h9-11,15H,7-8H2,1-6H3. The molecule has 0 radical (unpaired) electrons. The summed E-state index contributed by atoms with van der Waals surface area (Å²) in [7, 11) is 0. The number of carbonyl (C=O) groups is 1. The van der Waals surface area contributed by atoms with Crippen molar-refractivity contribution < 1.29 is 4.79 Å². The summed E-state index contributed by atoms with van der Waals surface area (Å²) in [4.78, 5) is 14.2. The highest BCUT2D eigenvalue weighted by atomic mass is 16.2. The predicted octanol–water partition coefficient (Wildman–Crippen LogP) is 2.08. The molecule has 0 aromatic carbocycles. The van der Waals surface area contributed by atoms with Crippen molar-refractivity contribution in [3.8, 4) is 0 Å². The molecule has 1 saturated heterocycles. The van der Waals surface area contributed by atoms with Crippen molar-refractivity contribution >= 4 is 5.91 Å². The van der Waals surface area contributed by atoms with E-state index in [1.807, 2.05) is 4.90 Å². The minimum absolute atomic E-state index is 0.0278. The fourth-order valence-corrected chi connectivity index (χ4v) is 3.26. The number of nitrogens with one attached hydrogen (secondary N) is 1. The van der Waals surface area contributed by atoms with E-state index in [4.69, 9.17) is 0 Å². The van der Waals surface area contributed by atoms with Gasteiger partial charge in [-0.05, 0) is 22.7 Å². The third-order valence-corrected chi connectivity index (χ3v) is 5.47. The summed E-state index contributed by atoms with van der Waals surface area (Å²) in [5.41, 5.74) is 0.729. The molecule has 2 aliphatic rings. The summed E-state index contributed by atoms with van der Waals surface area (Å²) in [6.07, 6.45) is 0. The molecule has 98 valence electrons. The number of hydrogen-bond acceptors (Lipinski definition) is 2. The lowest BCUT2D eigenvalue weighted by molar-refractivity contribution is -0.130. The van der Waals surface area contributed by atoms with Gasteiger partial charge in [-0.15, -0.1) is 0 Å². The van der Waals surface area contributed by atoms with Crippen molar-refractivity contribution in [2.24, 2.45) is 22.7 Å². The van der Waals surface area contributed by atoms with Gasteiger partial charge in [0, 0.05) is 6.54 Å². The number of amides is 1. The molecule has 0 spiro atoms. The fraction of sp³-hybridized carbons (Fsp3) is 0.929. The molecule has 2 rings (SSSR count). The van der Waals surface area contributed by atoms with Crippen molar-refractivity contribution in [2.45, 2.75) is 47.6 Å². The number of nitrogens with zero attached hydrogens (tertiary/aromatic N) is 1. The molecule has 17 heavy (non-hydrogen) atoms. The molecule has 0 bridgehead atoms. The predicted molar refractivity (Wildman–Crippen MR) is 69.4 cm³/mol. The van der Waals surface area contributed by atoms with Crippen molar-refractivity contribution in [2.75, 3.05) is 13.2 Å². The van der Waals surface area contributed by atoms with Crippen molar-refractivity contribution in [1.82, 2.24) is 10.2 Å². The first-order valence-electron chi connectivity index (χ1n) is 6.71. The molecule has 1 amide bonds. The minimum Gasteiger partial charge on any atom is -0.328 e. The van der Waals surface area contributed by atoms with E-state index < -0.39 is 0 Å². The van der Waals surface area contributed by atoms with E-state index in [0.717, 1.165) is 13.2 Å². The van der Waals surface area contributed by atoms with Crippen LogP contribution in [0.15, 0.2) is 0 Å². The summed E-state index contributed by atoms with van der Waals surface area (Å²) in [6, 6.07) is 0.0278. The van der Waals surface area contributed by atoms with Gasteiger partial charge < -0.3 is 4.90 Å². The maximum absolute atomic E-state index is 12.2. The van der Waals surface area contributed by atoms with Gasteiger partial charge in [0.15, 0.2) is 0 Å². The second-order valence-corrected chi connectivity index (χ2v) is 7.14. The van der Waals surface area contributed by atoms with E-state index in [1.54, 1.807) is 0 Å². The molecule has 0 aromatic heterocycles. The zero-order valence-corrected chi connectivity index (χ0v) is 12.0. The molecule has 1 atom stereocenters. The van der Waals surface area contributed by atoms with Gasteiger partial charge in [0.05, 0.1) is 12.7 Å². The van der Waals surface area contributed by atoms with E-state index >= 15 is 0 Å². The van der Waals surface area contributed by atoms with Gasteiger partial charge in [0.1, 0.15) is 0 Å². The van der Waals surface area contributed by atoms with E-state index in [9.17, 15) is 4.79 Å². The second kappa shape index (κ2) is 3.71. The Kier molecular flexibility index (Phi) is 2.81. The smallest absolute Gasteiger partial charge is 0.241 e. The van der Waals surface area contributed by atoms with Gasteiger partial charge in [-0.2, -0.15) is 0 Å². The lowest BCUT2D eigenvalue weighted by Gasteiger charge is -2.17. The second-order valence-electron chi connectivity index (χ2n) is 7.14. The fourth-order valence-electron chi connectivity index (χ4n) is 3.26. The highest BCUT2D eigenvalue weighted by molar-refractivity contribution is 5.84. The summed E-state index contributed by atoms with van der Waals surface area (Å²) in [5.74, 6) is 1.30. The first-order chi connectivity index (χ1) is 7.69. The maximum Gasteiger partial charge on any atom is 0.241 e. The quantitative estimate of drug-likeness (QED) is 0.816. The van der Waals surface area contributed by atoms with Gasteiger partial charge in [-0.3, -0.25) is 10.1 Å². The van der Waals surface area contributed by atoms with Crippen LogP contribution in [0.25, 0.3) is 0 Å². The van der Waals surface area contributed by atoms with Crippen LogP contribution in [-0.4, -0.2) is 30.1 Å². The summed E-state index contributed by atoms with van der Waals surface area (Å²) >= 11 is 0. The highest BCUT2D eigenvalue weighted by Crippen LogP contribution is 2.68. The SMILES string of the molecule is CC(C)C1NCN(CC2C(C)(C)C2(C)C)C1=O. The van der Waals surface area contributed by atoms with Crippen LogP contribution in [0.1, 0.15) is 41.5 Å². The first kappa shape index (κ1) is 12.9. The van der Waals surface area contributed by atoms with Crippen molar-refractivity contribution in [3.05, 3.63) is 0 Å². The van der Waals surface area contributed by atoms with Crippen LogP contribution in [-0.2, 0) is 4.79 Å². The maximum atomic E-state index is 12.2. The van der Waals surface area contributed by atoms with Gasteiger partial charge in [0.2, 0.25) is 5.91 Å². The van der Waals surface area contributed by atoms with Crippen LogP contribution in [0.3, 0.4) is 0 Å². The topological polar surface area (TPSA) is 32.3 Å². The zero-order valence-electron chi connectivity index (χ0n) is 12.0. The third kappa shape index (κ3) is 1.79. The van der Waals surface area contributed by atoms with Crippen molar-refractivity contribution in [3.63, 3.8) is 0 Å². The largest absolute Gasteiger partial charge is 0.328 e. The van der Waals surface area contributed by atoms with Crippen LogP contribution < -0.4 is 5.32 Å². The average molecular weight is 238 g/mol. The minimum atomic E-state index is 0.0278. The number of carbonyl (C=O) groups excluding carboxylic acids is 1. The molecule has 1 N–H and O–H groups in total. The summed E-state index contributed by atoms with van der Waals surface area (Å²) < 4.78 is 0. The Morgan fingerprint density at radius 1 is 1.29 bits per heavy atom. The zero-order chi connectivity index (χ0) is 13.0. The Hall–Kier alpha value is -0.570. The Balaban J connectivity index is 1.97. The molecular formula is C14H26N2O. The Labute approximate surface area is 105 Å². The molecule has 1 aliphatic heterocycles. The van der Waals surface area contributed by atoms with Crippen LogP contribution in [0.5, 0.6) is 0 Å². The van der Waals surface area contributed by atoms with Gasteiger partial charge in [-0.25, -0.2) is 0 Å². The van der Waals surface area contributed by atoms with Gasteiger partial charge in [0.25, 0.3) is 0 Å². The molecular weight excluding hydrogens is 212 g/mol. The lowest BCUT2D eigenvalue weighted by atomic mass is 10.0. The molecule has 0 aromatic rings. The summed E-state index contributed by atoms with van der Waals surface area (Å²) in [5, 5.41) is 3.32. The molecule has 3 nitrogen and oxygen atoms in total. The number of rotatable bonds is 3.